The summed E-state index contributed by atoms with van der Waals surface area (Å²) in [7, 11) is -3.84. The number of rotatable bonds is 3. The lowest BCUT2D eigenvalue weighted by Crippen LogP contribution is -2.14. The van der Waals surface area contributed by atoms with Crippen LogP contribution in [0.2, 0.25) is 0 Å². The van der Waals surface area contributed by atoms with E-state index in [2.05, 4.69) is 9.71 Å². The third-order valence-corrected chi connectivity index (χ3v) is 4.61. The van der Waals surface area contributed by atoms with Gasteiger partial charge in [-0.15, -0.1) is 11.3 Å². The number of nitrogens with one attached hydrogen (secondary N) is 1. The standard InChI is InChI=1S/C11H10N4O2S2/c1-7-6-14-11(18-7)15-19(16,17)10-3-2-9(13)4-8(10)5-12/h2-4,6H,13H2,1H3,(H,14,15). The van der Waals surface area contributed by atoms with Crippen molar-refractivity contribution >= 4 is 32.2 Å². The number of nitrogens with two attached hydrogens (primary N) is 1. The zero-order valence-corrected chi connectivity index (χ0v) is 11.5. The van der Waals surface area contributed by atoms with Crippen LogP contribution in [0.4, 0.5) is 10.8 Å². The Bertz CT molecular complexity index is 759. The normalized spacial score (nSPS) is 10.9. The van der Waals surface area contributed by atoms with Crippen LogP contribution in [-0.2, 0) is 10.0 Å². The Kier molecular flexibility index (Phi) is 3.42. The Morgan fingerprint density at radius 3 is 2.79 bits per heavy atom. The van der Waals surface area contributed by atoms with E-state index in [4.69, 9.17) is 11.0 Å². The van der Waals surface area contributed by atoms with Gasteiger partial charge < -0.3 is 5.73 Å². The summed E-state index contributed by atoms with van der Waals surface area (Å²) in [6.07, 6.45) is 1.57. The summed E-state index contributed by atoms with van der Waals surface area (Å²) in [5.41, 5.74) is 5.86. The lowest BCUT2D eigenvalue weighted by molar-refractivity contribution is 0.601. The minimum atomic E-state index is -3.84. The van der Waals surface area contributed by atoms with Crippen LogP contribution in [0.15, 0.2) is 29.3 Å². The van der Waals surface area contributed by atoms with Crippen molar-refractivity contribution in [1.29, 1.82) is 5.26 Å². The fourth-order valence-electron chi connectivity index (χ4n) is 1.44. The van der Waals surface area contributed by atoms with Crippen molar-refractivity contribution in [2.45, 2.75) is 11.8 Å². The smallest absolute Gasteiger partial charge is 0.264 e. The summed E-state index contributed by atoms with van der Waals surface area (Å²) >= 11 is 1.22. The third kappa shape index (κ3) is 2.83. The number of aryl methyl sites for hydroxylation is 1. The highest BCUT2D eigenvalue weighted by atomic mass is 32.2. The summed E-state index contributed by atoms with van der Waals surface area (Å²) in [4.78, 5) is 4.69. The SMILES string of the molecule is Cc1cnc(NS(=O)(=O)c2ccc(N)cc2C#N)s1. The zero-order chi connectivity index (χ0) is 14.0. The van der Waals surface area contributed by atoms with E-state index < -0.39 is 10.0 Å². The molecule has 0 saturated carbocycles. The minimum Gasteiger partial charge on any atom is -0.399 e. The molecule has 0 radical (unpaired) electrons. The molecule has 19 heavy (non-hydrogen) atoms. The van der Waals surface area contributed by atoms with Crippen molar-refractivity contribution in [3.63, 3.8) is 0 Å². The molecular weight excluding hydrogens is 284 g/mol. The highest BCUT2D eigenvalue weighted by Crippen LogP contribution is 2.23. The number of sulfonamides is 1. The molecular formula is C11H10N4O2S2. The Morgan fingerprint density at radius 2 is 2.21 bits per heavy atom. The first-order chi connectivity index (χ1) is 8.92. The summed E-state index contributed by atoms with van der Waals surface area (Å²) in [6.45, 7) is 1.82. The Morgan fingerprint density at radius 1 is 1.47 bits per heavy atom. The van der Waals surface area contributed by atoms with Crippen molar-refractivity contribution < 1.29 is 8.42 Å². The van der Waals surface area contributed by atoms with Crippen LogP contribution < -0.4 is 10.5 Å². The maximum absolute atomic E-state index is 12.2. The number of hydrogen-bond donors (Lipinski definition) is 2. The molecule has 2 aromatic rings. The number of nitrogen functional groups attached to an aromatic ring is 1. The summed E-state index contributed by atoms with van der Waals surface area (Å²) < 4.78 is 26.7. The highest BCUT2D eigenvalue weighted by molar-refractivity contribution is 7.93. The lowest BCUT2D eigenvalue weighted by atomic mass is 10.2. The maximum atomic E-state index is 12.2. The van der Waals surface area contributed by atoms with Gasteiger partial charge in [0.25, 0.3) is 10.0 Å². The van der Waals surface area contributed by atoms with E-state index in [1.165, 1.54) is 29.5 Å². The number of thiazole rings is 1. The molecule has 0 atom stereocenters. The second kappa shape index (κ2) is 4.87. The molecule has 0 amide bonds. The first-order valence-electron chi connectivity index (χ1n) is 5.17. The second-order valence-corrected chi connectivity index (χ2v) is 6.63. The van der Waals surface area contributed by atoms with Crippen molar-refractivity contribution in [3.05, 3.63) is 34.8 Å². The van der Waals surface area contributed by atoms with Gasteiger partial charge in [0, 0.05) is 16.8 Å². The Balaban J connectivity index is 2.43. The zero-order valence-electron chi connectivity index (χ0n) is 9.91. The van der Waals surface area contributed by atoms with E-state index >= 15 is 0 Å². The first-order valence-corrected chi connectivity index (χ1v) is 7.47. The maximum Gasteiger partial charge on any atom is 0.264 e. The highest BCUT2D eigenvalue weighted by Gasteiger charge is 2.20. The molecule has 1 aromatic heterocycles. The molecule has 6 nitrogen and oxygen atoms in total. The van der Waals surface area contributed by atoms with E-state index in [-0.39, 0.29) is 15.6 Å². The van der Waals surface area contributed by atoms with Gasteiger partial charge in [0.1, 0.15) is 11.0 Å². The number of anilines is 2. The van der Waals surface area contributed by atoms with E-state index in [1.807, 2.05) is 13.0 Å². The molecule has 2 rings (SSSR count). The largest absolute Gasteiger partial charge is 0.399 e. The van der Waals surface area contributed by atoms with Crippen molar-refractivity contribution in [1.82, 2.24) is 4.98 Å². The molecule has 0 aliphatic heterocycles. The summed E-state index contributed by atoms with van der Waals surface area (Å²) in [6, 6.07) is 5.87. The molecule has 0 aliphatic rings. The second-order valence-electron chi connectivity index (χ2n) is 3.75. The molecule has 0 fully saturated rings. The van der Waals surface area contributed by atoms with E-state index in [0.29, 0.717) is 5.69 Å². The van der Waals surface area contributed by atoms with Crippen LogP contribution in [-0.4, -0.2) is 13.4 Å². The number of hydrogen-bond acceptors (Lipinski definition) is 6. The van der Waals surface area contributed by atoms with Crippen molar-refractivity contribution in [2.75, 3.05) is 10.5 Å². The van der Waals surface area contributed by atoms with E-state index in [9.17, 15) is 8.42 Å². The van der Waals surface area contributed by atoms with Gasteiger partial charge in [-0.1, -0.05) is 0 Å². The van der Waals surface area contributed by atoms with E-state index in [1.54, 1.807) is 6.20 Å². The average Bonchev–Trinajstić information content (AvgIpc) is 2.73. The van der Waals surface area contributed by atoms with Gasteiger partial charge >= 0.3 is 0 Å². The Labute approximate surface area is 114 Å². The average molecular weight is 294 g/mol. The van der Waals surface area contributed by atoms with Gasteiger partial charge in [-0.05, 0) is 25.1 Å². The van der Waals surface area contributed by atoms with Crippen LogP contribution in [0, 0.1) is 18.3 Å². The fraction of sp³-hybridized carbons (Fsp3) is 0.0909. The molecule has 0 unspecified atom stereocenters. The predicted molar refractivity (Wildman–Crippen MR) is 73.2 cm³/mol. The molecule has 0 saturated heterocycles. The van der Waals surface area contributed by atoms with Crippen LogP contribution in [0.3, 0.4) is 0 Å². The van der Waals surface area contributed by atoms with Crippen molar-refractivity contribution in [2.24, 2.45) is 0 Å². The van der Waals surface area contributed by atoms with Gasteiger partial charge in [-0.3, -0.25) is 4.72 Å². The number of nitriles is 1. The van der Waals surface area contributed by atoms with Crippen LogP contribution in [0.5, 0.6) is 0 Å². The van der Waals surface area contributed by atoms with Gasteiger partial charge in [-0.2, -0.15) is 5.26 Å². The molecule has 0 aliphatic carbocycles. The van der Waals surface area contributed by atoms with Crippen LogP contribution in [0.1, 0.15) is 10.4 Å². The fourth-order valence-corrected chi connectivity index (χ4v) is 3.49. The van der Waals surface area contributed by atoms with Gasteiger partial charge in [0.15, 0.2) is 5.13 Å². The summed E-state index contributed by atoms with van der Waals surface area (Å²) in [5.74, 6) is 0. The molecule has 98 valence electrons. The van der Waals surface area contributed by atoms with Gasteiger partial charge in [0.2, 0.25) is 0 Å². The molecule has 1 heterocycles. The van der Waals surface area contributed by atoms with Gasteiger partial charge in [0.05, 0.1) is 5.56 Å². The molecule has 3 N–H and O–H groups in total. The Hall–Kier alpha value is -2.11. The molecule has 1 aromatic carbocycles. The quantitative estimate of drug-likeness (QED) is 0.837. The minimum absolute atomic E-state index is 0.000720. The summed E-state index contributed by atoms with van der Waals surface area (Å²) in [5, 5.41) is 9.23. The number of nitrogens with zero attached hydrogens (tertiary/aromatic N) is 2. The predicted octanol–water partition coefficient (Wildman–Crippen LogP) is 1.71. The first kappa shape index (κ1) is 13.3. The topological polar surface area (TPSA) is 109 Å². The molecule has 0 bridgehead atoms. The van der Waals surface area contributed by atoms with E-state index in [0.717, 1.165) is 4.88 Å². The number of aromatic nitrogens is 1. The number of benzene rings is 1. The van der Waals surface area contributed by atoms with Gasteiger partial charge in [-0.25, -0.2) is 13.4 Å². The molecule has 0 spiro atoms. The lowest BCUT2D eigenvalue weighted by Gasteiger charge is -2.07. The van der Waals surface area contributed by atoms with Crippen LogP contribution >= 0.6 is 11.3 Å². The third-order valence-electron chi connectivity index (χ3n) is 2.26. The monoisotopic (exact) mass is 294 g/mol. The van der Waals surface area contributed by atoms with Crippen molar-refractivity contribution in [3.8, 4) is 6.07 Å². The molecule has 8 heteroatoms. The van der Waals surface area contributed by atoms with Crippen LogP contribution in [0.25, 0.3) is 0 Å².